The Bertz CT molecular complexity index is 1120. The summed E-state index contributed by atoms with van der Waals surface area (Å²) in [5.41, 5.74) is 1.07. The Kier molecular flexibility index (Phi) is 7.97. The summed E-state index contributed by atoms with van der Waals surface area (Å²) >= 11 is 0. The number of rotatable bonds is 9. The van der Waals surface area contributed by atoms with Crippen molar-refractivity contribution < 1.29 is 18.7 Å². The molecule has 2 aromatic heterocycles. The van der Waals surface area contributed by atoms with Gasteiger partial charge in [-0.3, -0.25) is 9.59 Å². The number of likely N-dealkylation sites (tertiary alicyclic amines) is 1. The zero-order chi connectivity index (χ0) is 24.8. The highest BCUT2D eigenvalue weighted by atomic mass is 19.1. The van der Waals surface area contributed by atoms with Gasteiger partial charge in [0, 0.05) is 38.6 Å². The lowest BCUT2D eigenvalue weighted by molar-refractivity contribution is -0.126. The minimum absolute atomic E-state index is 0.0281. The van der Waals surface area contributed by atoms with Gasteiger partial charge in [0.25, 0.3) is 5.91 Å². The minimum Gasteiger partial charge on any atom is -0.379 e. The topological polar surface area (TPSA) is 81.4 Å². The smallest absolute Gasteiger partial charge is 0.259 e. The molecule has 3 heterocycles. The monoisotopic (exact) mass is 481 g/mol. The van der Waals surface area contributed by atoms with Gasteiger partial charge in [0.05, 0.1) is 23.9 Å². The molecule has 8 nitrogen and oxygen atoms in total. The highest BCUT2D eigenvalue weighted by Gasteiger charge is 2.31. The van der Waals surface area contributed by atoms with E-state index in [2.05, 4.69) is 10.4 Å². The number of nitrogens with zero attached hydrogens (tertiary/aromatic N) is 4. The van der Waals surface area contributed by atoms with Crippen LogP contribution in [0.25, 0.3) is 11.5 Å². The van der Waals surface area contributed by atoms with Crippen molar-refractivity contribution in [3.8, 4) is 11.5 Å². The third kappa shape index (κ3) is 5.97. The van der Waals surface area contributed by atoms with Crippen molar-refractivity contribution in [2.45, 2.75) is 39.2 Å². The molecule has 3 aromatic rings. The van der Waals surface area contributed by atoms with E-state index in [1.165, 1.54) is 12.1 Å². The summed E-state index contributed by atoms with van der Waals surface area (Å²) in [4.78, 5) is 28.1. The van der Waals surface area contributed by atoms with Gasteiger partial charge in [-0.1, -0.05) is 0 Å². The molecular formula is C26H32FN5O3. The van der Waals surface area contributed by atoms with E-state index < -0.39 is 0 Å². The maximum absolute atomic E-state index is 13.6. The highest BCUT2D eigenvalue weighted by molar-refractivity contribution is 5.97. The lowest BCUT2D eigenvalue weighted by Crippen LogP contribution is -2.45. The van der Waals surface area contributed by atoms with Crippen LogP contribution in [0.3, 0.4) is 0 Å². The minimum atomic E-state index is -0.343. The fraction of sp³-hybridized carbons (Fsp3) is 0.423. The van der Waals surface area contributed by atoms with E-state index in [-0.39, 0.29) is 29.7 Å². The molecule has 1 fully saturated rings. The van der Waals surface area contributed by atoms with Crippen LogP contribution in [-0.4, -0.2) is 63.4 Å². The molecule has 1 saturated heterocycles. The molecule has 1 atom stereocenters. The third-order valence-corrected chi connectivity index (χ3v) is 6.05. The van der Waals surface area contributed by atoms with Crippen molar-refractivity contribution in [3.63, 3.8) is 0 Å². The number of benzene rings is 1. The van der Waals surface area contributed by atoms with Crippen molar-refractivity contribution in [2.75, 3.05) is 26.2 Å². The second-order valence-corrected chi connectivity index (χ2v) is 9.01. The van der Waals surface area contributed by atoms with Crippen LogP contribution in [0.4, 0.5) is 4.39 Å². The zero-order valence-corrected chi connectivity index (χ0v) is 20.2. The number of nitrogens with one attached hydrogen (secondary N) is 1. The van der Waals surface area contributed by atoms with E-state index in [0.717, 1.165) is 19.3 Å². The van der Waals surface area contributed by atoms with Gasteiger partial charge in [-0.25, -0.2) is 9.07 Å². The molecule has 1 aromatic carbocycles. The summed E-state index contributed by atoms with van der Waals surface area (Å²) in [6.45, 7) is 6.07. The molecule has 186 valence electrons. The predicted molar refractivity (Wildman–Crippen MR) is 130 cm³/mol. The molecule has 0 radical (unpaired) electrons. The van der Waals surface area contributed by atoms with Crippen molar-refractivity contribution >= 4 is 11.8 Å². The average Bonchev–Trinajstić information content (AvgIpc) is 3.53. The normalized spacial score (nSPS) is 16.0. The van der Waals surface area contributed by atoms with Gasteiger partial charge in [-0.2, -0.15) is 5.10 Å². The van der Waals surface area contributed by atoms with E-state index in [0.29, 0.717) is 43.3 Å². The number of amides is 2. The Morgan fingerprint density at radius 2 is 1.94 bits per heavy atom. The molecule has 1 N–H and O–H groups in total. The van der Waals surface area contributed by atoms with Gasteiger partial charge in [-0.15, -0.1) is 0 Å². The Hall–Kier alpha value is -3.46. The fourth-order valence-corrected chi connectivity index (χ4v) is 4.28. The number of halogens is 1. The Morgan fingerprint density at radius 1 is 1.20 bits per heavy atom. The molecule has 0 aliphatic carbocycles. The van der Waals surface area contributed by atoms with E-state index in [9.17, 15) is 14.0 Å². The van der Waals surface area contributed by atoms with Crippen LogP contribution in [-0.2, 0) is 9.53 Å². The zero-order valence-electron chi connectivity index (χ0n) is 20.2. The van der Waals surface area contributed by atoms with Crippen LogP contribution in [0.5, 0.6) is 0 Å². The summed E-state index contributed by atoms with van der Waals surface area (Å²) in [6.07, 6.45) is 7.64. The number of carbonyl (C=O) groups is 2. The summed E-state index contributed by atoms with van der Waals surface area (Å²) in [6, 6.07) is 9.70. The second kappa shape index (κ2) is 11.3. The standard InChI is InChI=1S/C26H32FN5O3/c1-19(2)35-16-6-12-28-24(33)20-7-5-15-31(18-20)26(34)23-17-29-32(22-10-8-21(27)9-11-22)25(23)30-13-3-4-14-30/h3-4,8-11,13-14,17,19-20H,5-7,12,15-16,18H2,1-2H3,(H,28,33). The molecular weight excluding hydrogens is 449 g/mol. The number of ether oxygens (including phenoxy) is 1. The first-order chi connectivity index (χ1) is 16.9. The lowest BCUT2D eigenvalue weighted by atomic mass is 9.96. The van der Waals surface area contributed by atoms with Gasteiger partial charge in [0.15, 0.2) is 5.82 Å². The van der Waals surface area contributed by atoms with Crippen molar-refractivity contribution in [1.82, 2.24) is 24.6 Å². The highest BCUT2D eigenvalue weighted by Crippen LogP contribution is 2.24. The van der Waals surface area contributed by atoms with Gasteiger partial charge < -0.3 is 19.5 Å². The largest absolute Gasteiger partial charge is 0.379 e. The van der Waals surface area contributed by atoms with Gasteiger partial charge in [0.1, 0.15) is 11.4 Å². The number of hydrogen-bond acceptors (Lipinski definition) is 4. The number of piperidine rings is 1. The van der Waals surface area contributed by atoms with E-state index in [4.69, 9.17) is 4.74 Å². The molecule has 0 bridgehead atoms. The molecule has 2 amide bonds. The van der Waals surface area contributed by atoms with Crippen LogP contribution in [0.1, 0.15) is 43.5 Å². The van der Waals surface area contributed by atoms with Crippen molar-refractivity contribution in [1.29, 1.82) is 0 Å². The van der Waals surface area contributed by atoms with Gasteiger partial charge in [-0.05, 0) is 69.5 Å². The number of hydrogen-bond donors (Lipinski definition) is 1. The molecule has 0 saturated carbocycles. The van der Waals surface area contributed by atoms with Crippen molar-refractivity contribution in [3.05, 3.63) is 66.4 Å². The molecule has 9 heteroatoms. The summed E-state index contributed by atoms with van der Waals surface area (Å²) in [5.74, 6) is -0.224. The first kappa shape index (κ1) is 24.7. The van der Waals surface area contributed by atoms with Crippen LogP contribution < -0.4 is 5.32 Å². The molecule has 35 heavy (non-hydrogen) atoms. The number of carbonyl (C=O) groups excluding carboxylic acids is 2. The lowest BCUT2D eigenvalue weighted by Gasteiger charge is -2.32. The molecule has 4 rings (SSSR count). The Labute approximate surface area is 204 Å². The first-order valence-corrected chi connectivity index (χ1v) is 12.1. The van der Waals surface area contributed by atoms with Crippen LogP contribution in [0, 0.1) is 11.7 Å². The first-order valence-electron chi connectivity index (χ1n) is 12.1. The van der Waals surface area contributed by atoms with E-state index >= 15 is 0 Å². The maximum Gasteiger partial charge on any atom is 0.259 e. The maximum atomic E-state index is 13.6. The average molecular weight is 482 g/mol. The molecule has 1 unspecified atom stereocenters. The quantitative estimate of drug-likeness (QED) is 0.474. The van der Waals surface area contributed by atoms with E-state index in [1.54, 1.807) is 27.9 Å². The van der Waals surface area contributed by atoms with Gasteiger partial charge >= 0.3 is 0 Å². The molecule has 1 aliphatic rings. The van der Waals surface area contributed by atoms with Crippen LogP contribution >= 0.6 is 0 Å². The van der Waals surface area contributed by atoms with Crippen LogP contribution in [0.15, 0.2) is 55.0 Å². The SMILES string of the molecule is CC(C)OCCCNC(=O)C1CCCN(C(=O)c2cnn(-c3ccc(F)cc3)c2-n2cccc2)C1. The predicted octanol–water partition coefficient (Wildman–Crippen LogP) is 3.59. The fourth-order valence-electron chi connectivity index (χ4n) is 4.28. The molecule has 1 aliphatic heterocycles. The summed E-state index contributed by atoms with van der Waals surface area (Å²) in [5, 5.41) is 7.43. The Balaban J connectivity index is 1.48. The van der Waals surface area contributed by atoms with Gasteiger partial charge in [0.2, 0.25) is 5.91 Å². The molecule has 0 spiro atoms. The number of aromatic nitrogens is 3. The summed E-state index contributed by atoms with van der Waals surface area (Å²) in [7, 11) is 0. The second-order valence-electron chi connectivity index (χ2n) is 9.01. The third-order valence-electron chi connectivity index (χ3n) is 6.05. The Morgan fingerprint density at radius 3 is 2.66 bits per heavy atom. The van der Waals surface area contributed by atoms with E-state index in [1.807, 2.05) is 42.9 Å². The summed E-state index contributed by atoms with van der Waals surface area (Å²) < 4.78 is 22.4. The van der Waals surface area contributed by atoms with Crippen LogP contribution in [0.2, 0.25) is 0 Å². The van der Waals surface area contributed by atoms with Crippen molar-refractivity contribution in [2.24, 2.45) is 5.92 Å².